The second-order valence-corrected chi connectivity index (χ2v) is 16.2. The van der Waals surface area contributed by atoms with Crippen molar-refractivity contribution in [3.63, 3.8) is 0 Å². The Morgan fingerprint density at radius 1 is 1.00 bits per heavy atom. The molecule has 4 fully saturated rings. The number of hydrogen-bond acceptors (Lipinski definition) is 7. The summed E-state index contributed by atoms with van der Waals surface area (Å²) in [6.45, 7) is 1.28. The van der Waals surface area contributed by atoms with Gasteiger partial charge in [0.25, 0.3) is 11.8 Å². The summed E-state index contributed by atoms with van der Waals surface area (Å²) in [5.41, 5.74) is 0.695. The number of nitrogens with zero attached hydrogens (tertiary/aromatic N) is 4. The second kappa shape index (κ2) is 14.4. The first-order valence-electron chi connectivity index (χ1n) is 18.8. The largest absolute Gasteiger partial charge is 0.490 e. The van der Waals surface area contributed by atoms with Gasteiger partial charge in [0.05, 0.1) is 12.1 Å². The molecule has 3 heterocycles. The fourth-order valence-corrected chi connectivity index (χ4v) is 10.1. The highest BCUT2D eigenvalue weighted by molar-refractivity contribution is 5.95. The molecular weight excluding hydrogens is 685 g/mol. The van der Waals surface area contributed by atoms with Crippen molar-refractivity contribution in [2.75, 3.05) is 37.6 Å². The van der Waals surface area contributed by atoms with Gasteiger partial charge >= 0.3 is 12.1 Å². The molecule has 2 N–H and O–H groups in total. The molecule has 0 radical (unpaired) electrons. The maximum Gasteiger partial charge on any atom is 0.401 e. The molecule has 5 aliphatic rings. The molecule has 1 spiro atoms. The number of carboxylic acids is 1. The van der Waals surface area contributed by atoms with Gasteiger partial charge in [0, 0.05) is 56.8 Å². The monoisotopic (exact) mass is 733 g/mol. The summed E-state index contributed by atoms with van der Waals surface area (Å²) in [6.07, 6.45) is 6.34. The van der Waals surface area contributed by atoms with Crippen LogP contribution in [0.15, 0.2) is 24.4 Å². The van der Waals surface area contributed by atoms with E-state index in [1.165, 1.54) is 11.1 Å². The molecule has 52 heavy (non-hydrogen) atoms. The van der Waals surface area contributed by atoms with E-state index < -0.39 is 36.2 Å². The number of aromatic nitrogens is 2. The Morgan fingerprint density at radius 3 is 2.31 bits per heavy atom. The van der Waals surface area contributed by atoms with E-state index in [0.717, 1.165) is 76.0 Å². The zero-order valence-corrected chi connectivity index (χ0v) is 29.6. The number of benzene rings is 1. The topological polar surface area (TPSA) is 108 Å². The molecule has 1 amide bonds. The van der Waals surface area contributed by atoms with E-state index in [-0.39, 0.29) is 41.3 Å². The molecule has 2 aliphatic heterocycles. The quantitative estimate of drug-likeness (QED) is 0.241. The van der Waals surface area contributed by atoms with Crippen LogP contribution in [0.2, 0.25) is 0 Å². The number of aliphatic carboxylic acids is 1. The molecular formula is C38H48F5N5O4. The molecule has 14 heteroatoms. The lowest BCUT2D eigenvalue weighted by Gasteiger charge is -2.42. The molecule has 284 valence electrons. The van der Waals surface area contributed by atoms with E-state index in [0.29, 0.717) is 56.6 Å². The van der Waals surface area contributed by atoms with Crippen LogP contribution >= 0.6 is 0 Å². The number of piperidine rings is 1. The molecule has 2 atom stereocenters. The highest BCUT2D eigenvalue weighted by Gasteiger charge is 2.47. The number of alkyl halides is 5. The van der Waals surface area contributed by atoms with E-state index >= 15 is 8.78 Å². The molecule has 2 aromatic rings. The Balaban J connectivity index is 1.05. The van der Waals surface area contributed by atoms with Crippen molar-refractivity contribution in [2.45, 2.75) is 108 Å². The lowest BCUT2D eigenvalue weighted by Crippen LogP contribution is -2.42. The van der Waals surface area contributed by atoms with Gasteiger partial charge in [-0.1, -0.05) is 12.8 Å². The number of rotatable bonds is 10. The summed E-state index contributed by atoms with van der Waals surface area (Å²) in [5, 5.41) is 12.1. The Hall–Kier alpha value is -3.55. The van der Waals surface area contributed by atoms with Crippen molar-refractivity contribution in [1.82, 2.24) is 20.2 Å². The van der Waals surface area contributed by atoms with Crippen LogP contribution in [0.4, 0.5) is 33.6 Å². The second-order valence-electron chi connectivity index (χ2n) is 16.2. The van der Waals surface area contributed by atoms with Crippen LogP contribution in [0.5, 0.6) is 5.75 Å². The SMILES string of the molecule is CC(F)(F)c1nc(N2CC3(CCCC3)c3cc(OC4CCN(CC(F)(F)F)CC4)ccc32)ncc1C(=O)NCC1CC2CC(CC(=O)O)CC(C1)C2. The van der Waals surface area contributed by atoms with Crippen LogP contribution in [0.25, 0.3) is 0 Å². The summed E-state index contributed by atoms with van der Waals surface area (Å²) in [4.78, 5) is 36.8. The number of carboxylic acid groups (broad SMARTS) is 1. The van der Waals surface area contributed by atoms with Crippen LogP contribution in [0.1, 0.15) is 106 Å². The van der Waals surface area contributed by atoms with E-state index in [4.69, 9.17) is 4.74 Å². The van der Waals surface area contributed by atoms with Crippen molar-refractivity contribution < 1.29 is 41.4 Å². The number of halogens is 5. The van der Waals surface area contributed by atoms with Crippen LogP contribution < -0.4 is 15.0 Å². The Bertz CT molecular complexity index is 1620. The van der Waals surface area contributed by atoms with Crippen molar-refractivity contribution in [3.05, 3.63) is 41.2 Å². The molecule has 3 aliphatic carbocycles. The normalized spacial score (nSPS) is 26.4. The predicted molar refractivity (Wildman–Crippen MR) is 183 cm³/mol. The number of carbonyl (C=O) groups excluding carboxylic acids is 1. The number of ether oxygens (including phenoxy) is 1. The van der Waals surface area contributed by atoms with Crippen molar-refractivity contribution in [2.24, 2.45) is 23.7 Å². The van der Waals surface area contributed by atoms with E-state index in [9.17, 15) is 27.9 Å². The minimum Gasteiger partial charge on any atom is -0.490 e. The average molecular weight is 734 g/mol. The van der Waals surface area contributed by atoms with Crippen molar-refractivity contribution >= 4 is 23.5 Å². The zero-order valence-electron chi connectivity index (χ0n) is 29.6. The van der Waals surface area contributed by atoms with Crippen LogP contribution in [-0.2, 0) is 16.1 Å². The number of likely N-dealkylation sites (tertiary alicyclic amines) is 1. The Labute approximate surface area is 300 Å². The Kier molecular flexibility index (Phi) is 10.2. The van der Waals surface area contributed by atoms with Gasteiger partial charge < -0.3 is 20.1 Å². The van der Waals surface area contributed by atoms with Gasteiger partial charge in [-0.15, -0.1) is 0 Å². The molecule has 2 bridgehead atoms. The minimum absolute atomic E-state index is 0.0971. The number of hydrogen-bond donors (Lipinski definition) is 2. The predicted octanol–water partition coefficient (Wildman–Crippen LogP) is 7.60. The van der Waals surface area contributed by atoms with Gasteiger partial charge in [-0.2, -0.15) is 22.0 Å². The van der Waals surface area contributed by atoms with Crippen molar-refractivity contribution in [3.8, 4) is 5.75 Å². The van der Waals surface area contributed by atoms with E-state index in [1.54, 1.807) is 0 Å². The number of fused-ring (bicyclic) bond motifs is 4. The maximum absolute atomic E-state index is 15.2. The van der Waals surface area contributed by atoms with Gasteiger partial charge in [0.15, 0.2) is 0 Å². The summed E-state index contributed by atoms with van der Waals surface area (Å²) >= 11 is 0. The van der Waals surface area contributed by atoms with E-state index in [1.807, 2.05) is 23.1 Å². The van der Waals surface area contributed by atoms with Crippen molar-refractivity contribution in [1.29, 1.82) is 0 Å². The summed E-state index contributed by atoms with van der Waals surface area (Å²) < 4.78 is 75.2. The third kappa shape index (κ3) is 8.16. The Morgan fingerprint density at radius 2 is 1.67 bits per heavy atom. The number of amides is 1. The highest BCUT2D eigenvalue weighted by atomic mass is 19.4. The molecule has 3 saturated carbocycles. The van der Waals surface area contributed by atoms with Gasteiger partial charge in [-0.25, -0.2) is 9.97 Å². The third-order valence-corrected chi connectivity index (χ3v) is 12.1. The smallest absolute Gasteiger partial charge is 0.401 e. The first-order valence-corrected chi connectivity index (χ1v) is 18.8. The van der Waals surface area contributed by atoms with Gasteiger partial charge in [-0.3, -0.25) is 14.5 Å². The lowest BCUT2D eigenvalue weighted by molar-refractivity contribution is -0.149. The molecule has 1 saturated heterocycles. The van der Waals surface area contributed by atoms with E-state index in [2.05, 4.69) is 15.3 Å². The summed E-state index contributed by atoms with van der Waals surface area (Å²) in [5.74, 6) is -2.87. The molecule has 9 nitrogen and oxygen atoms in total. The summed E-state index contributed by atoms with van der Waals surface area (Å²) in [6, 6.07) is 5.68. The van der Waals surface area contributed by atoms with Crippen LogP contribution in [0, 0.1) is 23.7 Å². The standard InChI is InChI=1S/C38H48F5N5O4/c1-36(39,40)33-29(34(51)44-19-26-15-23-12-24(16-26)14-25(13-23)17-32(49)50)20-45-35(46-33)48-21-37(8-2-3-9-37)30-18-28(4-5-31(30)48)52-27-6-10-47(11-7-27)22-38(41,42)43/h4-5,18,20,23-27H,2-3,6-17,19,21-22H2,1H3,(H,44,51)(H,49,50). The first-order chi connectivity index (χ1) is 24.6. The van der Waals surface area contributed by atoms with Gasteiger partial charge in [0.1, 0.15) is 17.5 Å². The average Bonchev–Trinajstić information content (AvgIpc) is 3.67. The number of anilines is 2. The molecule has 1 aromatic heterocycles. The fraction of sp³-hybridized carbons (Fsp3) is 0.684. The maximum atomic E-state index is 15.2. The number of nitrogens with one attached hydrogen (secondary N) is 1. The van der Waals surface area contributed by atoms with Crippen LogP contribution in [-0.4, -0.2) is 76.9 Å². The molecule has 7 rings (SSSR count). The lowest BCUT2D eigenvalue weighted by atomic mass is 9.64. The summed E-state index contributed by atoms with van der Waals surface area (Å²) in [7, 11) is 0. The number of carbonyl (C=O) groups is 2. The zero-order chi connectivity index (χ0) is 36.8. The highest BCUT2D eigenvalue weighted by Crippen LogP contribution is 2.53. The van der Waals surface area contributed by atoms with Crippen LogP contribution in [0.3, 0.4) is 0 Å². The third-order valence-electron chi connectivity index (χ3n) is 12.1. The first kappa shape index (κ1) is 36.8. The molecule has 1 aromatic carbocycles. The minimum atomic E-state index is -4.23. The van der Waals surface area contributed by atoms with Gasteiger partial charge in [0.2, 0.25) is 5.95 Å². The fourth-order valence-electron chi connectivity index (χ4n) is 10.1. The molecule has 2 unspecified atom stereocenters. The van der Waals surface area contributed by atoms with Gasteiger partial charge in [-0.05, 0) is 105 Å².